The summed E-state index contributed by atoms with van der Waals surface area (Å²) in [6.45, 7) is 2.69. The number of hydrogen-bond acceptors (Lipinski definition) is 3. The van der Waals surface area contributed by atoms with Gasteiger partial charge in [0.15, 0.2) is 0 Å². The maximum atomic E-state index is 5.91. The second-order valence-corrected chi connectivity index (χ2v) is 6.14. The van der Waals surface area contributed by atoms with Gasteiger partial charge in [-0.15, -0.1) is 11.8 Å². The summed E-state index contributed by atoms with van der Waals surface area (Å²) in [5, 5.41) is 4.14. The molecule has 1 N–H and O–H groups in total. The minimum absolute atomic E-state index is 0.283. The highest BCUT2D eigenvalue weighted by Gasteiger charge is 2.10. The van der Waals surface area contributed by atoms with E-state index in [1.54, 1.807) is 0 Å². The van der Waals surface area contributed by atoms with Gasteiger partial charge in [0, 0.05) is 21.7 Å². The molecule has 1 unspecified atom stereocenters. The molecule has 2 rings (SSSR count). The first-order valence-electron chi connectivity index (χ1n) is 7.01. The highest BCUT2D eigenvalue weighted by Crippen LogP contribution is 2.27. The Morgan fingerprint density at radius 2 is 1.95 bits per heavy atom. The van der Waals surface area contributed by atoms with Crippen LogP contribution in [0.25, 0.3) is 0 Å². The molecule has 0 aliphatic carbocycles. The van der Waals surface area contributed by atoms with Gasteiger partial charge in [-0.1, -0.05) is 23.7 Å². The van der Waals surface area contributed by atoms with Crippen molar-refractivity contribution < 1.29 is 4.74 Å². The van der Waals surface area contributed by atoms with Crippen LogP contribution in [0.2, 0.25) is 5.02 Å². The highest BCUT2D eigenvalue weighted by atomic mass is 35.5. The second-order valence-electron chi connectivity index (χ2n) is 4.61. The van der Waals surface area contributed by atoms with Gasteiger partial charge in [0.1, 0.15) is 5.75 Å². The number of rotatable bonds is 7. The smallest absolute Gasteiger partial charge is 0.119 e. The van der Waals surface area contributed by atoms with E-state index < -0.39 is 0 Å². The summed E-state index contributed by atoms with van der Waals surface area (Å²) < 4.78 is 5.57. The van der Waals surface area contributed by atoms with Gasteiger partial charge in [-0.2, -0.15) is 0 Å². The summed E-state index contributed by atoms with van der Waals surface area (Å²) >= 11 is 7.72. The van der Waals surface area contributed by atoms with E-state index in [-0.39, 0.29) is 6.04 Å². The predicted octanol–water partition coefficient (Wildman–Crippen LogP) is 4.79. The molecule has 0 fully saturated rings. The van der Waals surface area contributed by atoms with E-state index in [9.17, 15) is 0 Å². The first-order valence-corrected chi connectivity index (χ1v) is 8.37. The summed E-state index contributed by atoms with van der Waals surface area (Å²) in [4.78, 5) is 1.22. The molecule has 0 saturated carbocycles. The lowest BCUT2D eigenvalue weighted by Gasteiger charge is -2.17. The Hall–Kier alpha value is -1.16. The molecule has 4 heteroatoms. The highest BCUT2D eigenvalue weighted by molar-refractivity contribution is 7.99. The van der Waals surface area contributed by atoms with Crippen LogP contribution in [0.1, 0.15) is 18.5 Å². The SMILES string of the molecule is CCOc1cccc(C(CSc2ccc(Cl)cc2)NC)c1. The van der Waals surface area contributed by atoms with Crippen molar-refractivity contribution in [3.63, 3.8) is 0 Å². The molecule has 2 aromatic rings. The van der Waals surface area contributed by atoms with Crippen molar-refractivity contribution in [2.24, 2.45) is 0 Å². The molecular formula is C17H20ClNOS. The molecule has 0 heterocycles. The van der Waals surface area contributed by atoms with Crippen LogP contribution in [0.3, 0.4) is 0 Å². The maximum Gasteiger partial charge on any atom is 0.119 e. The van der Waals surface area contributed by atoms with Crippen molar-refractivity contribution in [2.45, 2.75) is 17.9 Å². The van der Waals surface area contributed by atoms with Crippen molar-refractivity contribution in [3.8, 4) is 5.75 Å². The van der Waals surface area contributed by atoms with E-state index >= 15 is 0 Å². The van der Waals surface area contributed by atoms with Crippen LogP contribution < -0.4 is 10.1 Å². The third kappa shape index (κ3) is 4.95. The van der Waals surface area contributed by atoms with Gasteiger partial charge in [-0.05, 0) is 55.9 Å². The number of ether oxygens (including phenoxy) is 1. The summed E-state index contributed by atoms with van der Waals surface area (Å²) in [7, 11) is 1.99. The van der Waals surface area contributed by atoms with Crippen LogP contribution >= 0.6 is 23.4 Å². The van der Waals surface area contributed by atoms with Crippen LogP contribution in [0.4, 0.5) is 0 Å². The van der Waals surface area contributed by atoms with Crippen LogP contribution in [0, 0.1) is 0 Å². The van der Waals surface area contributed by atoms with Crippen molar-refractivity contribution in [1.82, 2.24) is 5.32 Å². The first kappa shape index (κ1) is 16.2. The predicted molar refractivity (Wildman–Crippen MR) is 91.6 cm³/mol. The van der Waals surface area contributed by atoms with Gasteiger partial charge < -0.3 is 10.1 Å². The lowest BCUT2D eigenvalue weighted by molar-refractivity contribution is 0.339. The quantitative estimate of drug-likeness (QED) is 0.741. The molecule has 2 nitrogen and oxygen atoms in total. The molecule has 0 amide bonds. The Labute approximate surface area is 135 Å². The Kier molecular flexibility index (Phi) is 6.43. The van der Waals surface area contributed by atoms with Gasteiger partial charge in [-0.3, -0.25) is 0 Å². The molecule has 112 valence electrons. The maximum absolute atomic E-state index is 5.91. The zero-order valence-electron chi connectivity index (χ0n) is 12.3. The second kappa shape index (κ2) is 8.32. The van der Waals surface area contributed by atoms with E-state index in [0.29, 0.717) is 6.61 Å². The van der Waals surface area contributed by atoms with Crippen LogP contribution in [-0.2, 0) is 0 Å². The molecule has 0 radical (unpaired) electrons. The van der Waals surface area contributed by atoms with E-state index in [4.69, 9.17) is 16.3 Å². The normalized spacial score (nSPS) is 12.1. The summed E-state index contributed by atoms with van der Waals surface area (Å²) in [5.41, 5.74) is 1.24. The number of halogens is 1. The fraction of sp³-hybridized carbons (Fsp3) is 0.294. The minimum Gasteiger partial charge on any atom is -0.494 e. The molecule has 1 atom stereocenters. The Bertz CT molecular complexity index is 559. The largest absolute Gasteiger partial charge is 0.494 e. The Balaban J connectivity index is 2.02. The molecule has 0 aliphatic rings. The molecule has 0 bridgehead atoms. The lowest BCUT2D eigenvalue weighted by Crippen LogP contribution is -2.18. The van der Waals surface area contributed by atoms with Crippen LogP contribution in [0.15, 0.2) is 53.4 Å². The molecule has 2 aromatic carbocycles. The third-order valence-corrected chi connectivity index (χ3v) is 4.51. The van der Waals surface area contributed by atoms with E-state index in [1.807, 2.05) is 50.0 Å². The lowest BCUT2D eigenvalue weighted by atomic mass is 10.1. The summed E-state index contributed by atoms with van der Waals surface area (Å²) in [6, 6.07) is 16.5. The molecule has 0 aromatic heterocycles. The van der Waals surface area contributed by atoms with Gasteiger partial charge in [0.05, 0.1) is 6.61 Å². The standard InChI is InChI=1S/C17H20ClNOS/c1-3-20-15-6-4-5-13(11-15)17(19-2)12-21-16-9-7-14(18)8-10-16/h4-11,17,19H,3,12H2,1-2H3. The van der Waals surface area contributed by atoms with Crippen molar-refractivity contribution in [1.29, 1.82) is 0 Å². The van der Waals surface area contributed by atoms with Gasteiger partial charge in [0.2, 0.25) is 0 Å². The van der Waals surface area contributed by atoms with Crippen molar-refractivity contribution in [3.05, 3.63) is 59.1 Å². The monoisotopic (exact) mass is 321 g/mol. The molecule has 0 spiro atoms. The molecule has 21 heavy (non-hydrogen) atoms. The van der Waals surface area contributed by atoms with Crippen molar-refractivity contribution in [2.75, 3.05) is 19.4 Å². The minimum atomic E-state index is 0.283. The van der Waals surface area contributed by atoms with E-state index in [0.717, 1.165) is 16.5 Å². The number of benzene rings is 2. The number of nitrogens with one attached hydrogen (secondary N) is 1. The summed E-state index contributed by atoms with van der Waals surface area (Å²) in [6.07, 6.45) is 0. The average Bonchev–Trinajstić information content (AvgIpc) is 2.50. The topological polar surface area (TPSA) is 21.3 Å². The molecule has 0 saturated heterocycles. The van der Waals surface area contributed by atoms with Crippen LogP contribution in [-0.4, -0.2) is 19.4 Å². The fourth-order valence-corrected chi connectivity index (χ4v) is 3.22. The number of hydrogen-bond donors (Lipinski definition) is 1. The Morgan fingerprint density at radius 3 is 2.62 bits per heavy atom. The summed E-state index contributed by atoms with van der Waals surface area (Å²) in [5.74, 6) is 1.88. The van der Waals surface area contributed by atoms with Crippen LogP contribution in [0.5, 0.6) is 5.75 Å². The van der Waals surface area contributed by atoms with Crippen molar-refractivity contribution >= 4 is 23.4 Å². The van der Waals surface area contributed by atoms with Gasteiger partial charge in [-0.25, -0.2) is 0 Å². The fourth-order valence-electron chi connectivity index (χ4n) is 2.04. The van der Waals surface area contributed by atoms with E-state index in [1.165, 1.54) is 10.5 Å². The zero-order chi connectivity index (χ0) is 15.1. The molecule has 0 aliphatic heterocycles. The van der Waals surface area contributed by atoms with Gasteiger partial charge >= 0.3 is 0 Å². The van der Waals surface area contributed by atoms with Gasteiger partial charge in [0.25, 0.3) is 0 Å². The van der Waals surface area contributed by atoms with E-state index in [2.05, 4.69) is 29.6 Å². The first-order chi connectivity index (χ1) is 10.2. The third-order valence-electron chi connectivity index (χ3n) is 3.15. The zero-order valence-corrected chi connectivity index (χ0v) is 13.9. The molecular weight excluding hydrogens is 302 g/mol. The number of thioether (sulfide) groups is 1. The average molecular weight is 322 g/mol. The Morgan fingerprint density at radius 1 is 1.19 bits per heavy atom.